The molecule has 1 saturated heterocycles. The Hall–Kier alpha value is -2.30. The van der Waals surface area contributed by atoms with Gasteiger partial charge < -0.3 is 4.90 Å². The molecule has 0 aliphatic carbocycles. The van der Waals surface area contributed by atoms with Gasteiger partial charge in [-0.25, -0.2) is 4.98 Å². The van der Waals surface area contributed by atoms with E-state index in [-0.39, 0.29) is 11.9 Å². The zero-order valence-electron chi connectivity index (χ0n) is 11.4. The molecule has 1 fully saturated rings. The van der Waals surface area contributed by atoms with E-state index in [1.165, 1.54) is 0 Å². The number of rotatable bonds is 2. The molecule has 1 aliphatic rings. The zero-order chi connectivity index (χ0) is 13.9. The standard InChI is InChI=1S/C15H16N4O/c1-11-9-18-13(10-17-11)15(20)19-8-2-3-14(19)12-4-6-16-7-5-12/h4-7,9-10,14H,2-3,8H2,1H3/t14-/m0/s1. The quantitative estimate of drug-likeness (QED) is 0.837. The van der Waals surface area contributed by atoms with Crippen molar-refractivity contribution in [3.63, 3.8) is 0 Å². The van der Waals surface area contributed by atoms with Crippen molar-refractivity contribution in [3.05, 3.63) is 53.9 Å². The van der Waals surface area contributed by atoms with Gasteiger partial charge in [0.15, 0.2) is 0 Å². The first kappa shape index (κ1) is 12.7. The van der Waals surface area contributed by atoms with Gasteiger partial charge in [0.2, 0.25) is 0 Å². The highest BCUT2D eigenvalue weighted by Crippen LogP contribution is 2.32. The highest BCUT2D eigenvalue weighted by atomic mass is 16.2. The molecular weight excluding hydrogens is 252 g/mol. The van der Waals surface area contributed by atoms with Crippen LogP contribution in [0.15, 0.2) is 36.9 Å². The summed E-state index contributed by atoms with van der Waals surface area (Å²) in [6.07, 6.45) is 8.71. The van der Waals surface area contributed by atoms with E-state index in [0.29, 0.717) is 5.69 Å². The maximum Gasteiger partial charge on any atom is 0.274 e. The molecule has 102 valence electrons. The number of pyridine rings is 1. The molecule has 5 nitrogen and oxygen atoms in total. The van der Waals surface area contributed by atoms with E-state index < -0.39 is 0 Å². The number of carbonyl (C=O) groups excluding carboxylic acids is 1. The lowest BCUT2D eigenvalue weighted by Gasteiger charge is -2.24. The number of hydrogen-bond donors (Lipinski definition) is 0. The molecule has 20 heavy (non-hydrogen) atoms. The second-order valence-corrected chi connectivity index (χ2v) is 4.98. The van der Waals surface area contributed by atoms with Crippen molar-refractivity contribution in [1.29, 1.82) is 0 Å². The van der Waals surface area contributed by atoms with Crippen molar-refractivity contribution in [2.75, 3.05) is 6.54 Å². The summed E-state index contributed by atoms with van der Waals surface area (Å²) in [5.74, 6) is -0.0446. The summed E-state index contributed by atoms with van der Waals surface area (Å²) in [6.45, 7) is 2.62. The fraction of sp³-hybridized carbons (Fsp3) is 0.333. The van der Waals surface area contributed by atoms with Gasteiger partial charge in [0.1, 0.15) is 5.69 Å². The van der Waals surface area contributed by atoms with Gasteiger partial charge in [0.05, 0.1) is 17.9 Å². The zero-order valence-corrected chi connectivity index (χ0v) is 11.4. The van der Waals surface area contributed by atoms with Crippen LogP contribution >= 0.6 is 0 Å². The lowest BCUT2D eigenvalue weighted by molar-refractivity contribution is 0.0729. The third-order valence-electron chi connectivity index (χ3n) is 3.60. The summed E-state index contributed by atoms with van der Waals surface area (Å²) >= 11 is 0. The van der Waals surface area contributed by atoms with E-state index in [1.54, 1.807) is 24.8 Å². The van der Waals surface area contributed by atoms with Crippen LogP contribution in [0.1, 0.15) is 40.6 Å². The van der Waals surface area contributed by atoms with Crippen LogP contribution in [-0.2, 0) is 0 Å². The van der Waals surface area contributed by atoms with Crippen LogP contribution < -0.4 is 0 Å². The summed E-state index contributed by atoms with van der Waals surface area (Å²) in [5, 5.41) is 0. The molecule has 2 aromatic heterocycles. The first-order valence-electron chi connectivity index (χ1n) is 6.75. The van der Waals surface area contributed by atoms with Gasteiger partial charge in [-0.05, 0) is 37.5 Å². The molecule has 3 rings (SSSR count). The van der Waals surface area contributed by atoms with Gasteiger partial charge in [-0.2, -0.15) is 0 Å². The van der Waals surface area contributed by atoms with Gasteiger partial charge in [0.25, 0.3) is 5.91 Å². The number of hydrogen-bond acceptors (Lipinski definition) is 4. The largest absolute Gasteiger partial charge is 0.330 e. The maximum absolute atomic E-state index is 12.5. The third kappa shape index (κ3) is 2.39. The minimum absolute atomic E-state index is 0.0446. The molecule has 3 heterocycles. The Bertz CT molecular complexity index is 597. The maximum atomic E-state index is 12.5. The lowest BCUT2D eigenvalue weighted by atomic mass is 10.1. The molecular formula is C15H16N4O. The van der Waals surface area contributed by atoms with Gasteiger partial charge in [-0.1, -0.05) is 0 Å². The molecule has 0 bridgehead atoms. The SMILES string of the molecule is Cc1cnc(C(=O)N2CCC[C@H]2c2ccncc2)cn1. The minimum atomic E-state index is -0.0446. The van der Waals surface area contributed by atoms with Crippen molar-refractivity contribution < 1.29 is 4.79 Å². The third-order valence-corrected chi connectivity index (χ3v) is 3.60. The van der Waals surface area contributed by atoms with Gasteiger partial charge in [0, 0.05) is 25.1 Å². The van der Waals surface area contributed by atoms with E-state index in [1.807, 2.05) is 24.0 Å². The van der Waals surface area contributed by atoms with Crippen molar-refractivity contribution >= 4 is 5.91 Å². The summed E-state index contributed by atoms with van der Waals surface area (Å²) in [6, 6.07) is 4.06. The number of nitrogens with zero attached hydrogens (tertiary/aromatic N) is 4. The average molecular weight is 268 g/mol. The smallest absolute Gasteiger partial charge is 0.274 e. The number of likely N-dealkylation sites (tertiary alicyclic amines) is 1. The number of carbonyl (C=O) groups is 1. The molecule has 5 heteroatoms. The predicted molar refractivity (Wildman–Crippen MR) is 74.0 cm³/mol. The molecule has 2 aromatic rings. The average Bonchev–Trinajstić information content (AvgIpc) is 2.97. The predicted octanol–water partition coefficient (Wildman–Crippen LogP) is 2.16. The Morgan fingerprint density at radius 2 is 2.05 bits per heavy atom. The van der Waals surface area contributed by atoms with Gasteiger partial charge >= 0.3 is 0 Å². The molecule has 1 amide bonds. The van der Waals surface area contributed by atoms with Crippen LogP contribution in [0.25, 0.3) is 0 Å². The Balaban J connectivity index is 1.85. The van der Waals surface area contributed by atoms with E-state index in [9.17, 15) is 4.79 Å². The van der Waals surface area contributed by atoms with Crippen LogP contribution in [-0.4, -0.2) is 32.3 Å². The van der Waals surface area contributed by atoms with E-state index in [0.717, 1.165) is 30.6 Å². The first-order valence-corrected chi connectivity index (χ1v) is 6.75. The monoisotopic (exact) mass is 268 g/mol. The van der Waals surface area contributed by atoms with Crippen LogP contribution in [0.2, 0.25) is 0 Å². The summed E-state index contributed by atoms with van der Waals surface area (Å²) in [4.78, 5) is 26.8. The molecule has 0 saturated carbocycles. The number of amides is 1. The van der Waals surface area contributed by atoms with Crippen molar-refractivity contribution in [2.24, 2.45) is 0 Å². The summed E-state index contributed by atoms with van der Waals surface area (Å²) in [7, 11) is 0. The fourth-order valence-electron chi connectivity index (χ4n) is 2.59. The first-order chi connectivity index (χ1) is 9.75. The van der Waals surface area contributed by atoms with E-state index in [4.69, 9.17) is 0 Å². The highest BCUT2D eigenvalue weighted by molar-refractivity contribution is 5.92. The van der Waals surface area contributed by atoms with Crippen LogP contribution in [0.5, 0.6) is 0 Å². The molecule has 0 N–H and O–H groups in total. The Morgan fingerprint density at radius 1 is 1.25 bits per heavy atom. The normalized spacial score (nSPS) is 18.2. The molecule has 1 atom stereocenters. The molecule has 0 spiro atoms. The van der Waals surface area contributed by atoms with Crippen LogP contribution in [0, 0.1) is 6.92 Å². The van der Waals surface area contributed by atoms with Crippen LogP contribution in [0.4, 0.5) is 0 Å². The van der Waals surface area contributed by atoms with Crippen molar-refractivity contribution in [1.82, 2.24) is 19.9 Å². The number of aryl methyl sites for hydroxylation is 1. The van der Waals surface area contributed by atoms with Gasteiger partial charge in [-0.15, -0.1) is 0 Å². The Kier molecular flexibility index (Phi) is 3.41. The minimum Gasteiger partial charge on any atom is -0.330 e. The topological polar surface area (TPSA) is 59.0 Å². The second-order valence-electron chi connectivity index (χ2n) is 4.98. The van der Waals surface area contributed by atoms with Crippen molar-refractivity contribution in [2.45, 2.75) is 25.8 Å². The molecule has 0 unspecified atom stereocenters. The lowest BCUT2D eigenvalue weighted by Crippen LogP contribution is -2.31. The van der Waals surface area contributed by atoms with Crippen LogP contribution in [0.3, 0.4) is 0 Å². The summed E-state index contributed by atoms with van der Waals surface area (Å²) in [5.41, 5.74) is 2.36. The summed E-state index contributed by atoms with van der Waals surface area (Å²) < 4.78 is 0. The second kappa shape index (κ2) is 5.36. The molecule has 0 aromatic carbocycles. The Morgan fingerprint density at radius 3 is 2.75 bits per heavy atom. The Labute approximate surface area is 117 Å². The molecule has 1 aliphatic heterocycles. The molecule has 0 radical (unpaired) electrons. The fourth-order valence-corrected chi connectivity index (χ4v) is 2.59. The van der Waals surface area contributed by atoms with E-state index >= 15 is 0 Å². The highest BCUT2D eigenvalue weighted by Gasteiger charge is 2.31. The number of aromatic nitrogens is 3. The van der Waals surface area contributed by atoms with E-state index in [2.05, 4.69) is 15.0 Å². The van der Waals surface area contributed by atoms with Crippen molar-refractivity contribution in [3.8, 4) is 0 Å². The van der Waals surface area contributed by atoms with Gasteiger partial charge in [-0.3, -0.25) is 14.8 Å².